The van der Waals surface area contributed by atoms with Gasteiger partial charge in [0, 0.05) is 0 Å². The highest BCUT2D eigenvalue weighted by molar-refractivity contribution is 7.32. The number of nitrogens with zero attached hydrogens (tertiary/aromatic N) is 2. The molecule has 0 aliphatic rings. The molecular weight excluding hydrogens is 157 g/mol. The zero-order valence-electron chi connectivity index (χ0n) is 4.94. The third-order valence-electron chi connectivity index (χ3n) is 0.800. The maximum atomic E-state index is 10.00. The molecule has 0 amide bonds. The average molecular weight is 163 g/mol. The van der Waals surface area contributed by atoms with Crippen LogP contribution in [0.15, 0.2) is 6.33 Å². The van der Waals surface area contributed by atoms with Crippen molar-refractivity contribution < 1.29 is 14.0 Å². The van der Waals surface area contributed by atoms with Crippen molar-refractivity contribution in [1.29, 1.82) is 0 Å². The van der Waals surface area contributed by atoms with Crippen LogP contribution >= 0.6 is 8.25 Å². The van der Waals surface area contributed by atoms with Crippen LogP contribution in [0.3, 0.4) is 0 Å². The molecule has 1 rings (SSSR count). The van der Waals surface area contributed by atoms with E-state index in [1.165, 1.54) is 6.33 Å². The Bertz CT molecular complexity index is 211. The lowest BCUT2D eigenvalue weighted by Crippen LogP contribution is -1.87. The van der Waals surface area contributed by atoms with E-state index in [1.54, 1.807) is 0 Å². The minimum atomic E-state index is -2.85. The van der Waals surface area contributed by atoms with Gasteiger partial charge in [0.25, 0.3) is 0 Å². The van der Waals surface area contributed by atoms with Crippen LogP contribution in [0.5, 0.6) is 0 Å². The van der Waals surface area contributed by atoms with Gasteiger partial charge in [0.05, 0.1) is 0 Å². The average Bonchev–Trinajstić information content (AvgIpc) is 2.34. The molecule has 0 bridgehead atoms. The van der Waals surface area contributed by atoms with E-state index in [4.69, 9.17) is 4.89 Å². The van der Waals surface area contributed by atoms with Crippen LogP contribution in [0.4, 0.5) is 0 Å². The predicted molar refractivity (Wildman–Crippen MR) is 32.4 cm³/mol. The van der Waals surface area contributed by atoms with E-state index < -0.39 is 8.25 Å². The van der Waals surface area contributed by atoms with Crippen molar-refractivity contribution in [2.75, 3.05) is 0 Å². The van der Waals surface area contributed by atoms with Gasteiger partial charge in [-0.3, -0.25) is 4.57 Å². The van der Waals surface area contributed by atoms with Crippen LogP contribution in [0.25, 0.3) is 0 Å². The second-order valence-corrected chi connectivity index (χ2v) is 2.31. The van der Waals surface area contributed by atoms with Gasteiger partial charge in [-0.2, -0.15) is 0 Å². The van der Waals surface area contributed by atoms with Crippen LogP contribution in [-0.4, -0.2) is 20.1 Å². The third-order valence-corrected chi connectivity index (χ3v) is 1.19. The van der Waals surface area contributed by atoms with Crippen molar-refractivity contribution in [3.8, 4) is 0 Å². The van der Waals surface area contributed by atoms with E-state index in [0.29, 0.717) is 5.82 Å². The van der Waals surface area contributed by atoms with Gasteiger partial charge >= 0.3 is 8.25 Å². The van der Waals surface area contributed by atoms with E-state index in [9.17, 15) is 4.57 Å². The van der Waals surface area contributed by atoms with Gasteiger partial charge in [-0.1, -0.05) is 0 Å². The summed E-state index contributed by atoms with van der Waals surface area (Å²) in [6.45, 7) is -0.00566. The summed E-state index contributed by atoms with van der Waals surface area (Å²) in [7, 11) is -2.85. The van der Waals surface area contributed by atoms with Crippen molar-refractivity contribution in [3.05, 3.63) is 12.2 Å². The molecule has 2 N–H and O–H groups in total. The number of hydrogen-bond acceptors (Lipinski definition) is 4. The van der Waals surface area contributed by atoms with Gasteiger partial charge in [0.15, 0.2) is 5.82 Å². The summed E-state index contributed by atoms with van der Waals surface area (Å²) in [4.78, 5) is 10.8. The maximum Gasteiger partial charge on any atom is 0.317 e. The summed E-state index contributed by atoms with van der Waals surface area (Å²) >= 11 is 0. The molecule has 6 nitrogen and oxygen atoms in total. The first-order valence-corrected chi connectivity index (χ1v) is 3.76. The molecule has 0 saturated heterocycles. The van der Waals surface area contributed by atoms with Crippen LogP contribution in [0.2, 0.25) is 0 Å². The van der Waals surface area contributed by atoms with Gasteiger partial charge in [0.2, 0.25) is 0 Å². The zero-order valence-corrected chi connectivity index (χ0v) is 5.94. The summed E-state index contributed by atoms with van der Waals surface area (Å²) in [6, 6.07) is 0. The second-order valence-electron chi connectivity index (χ2n) is 1.49. The summed E-state index contributed by atoms with van der Waals surface area (Å²) in [6.07, 6.45) is 1.37. The highest BCUT2D eigenvalue weighted by Gasteiger charge is 1.96. The minimum Gasteiger partial charge on any atom is -0.330 e. The van der Waals surface area contributed by atoms with E-state index >= 15 is 0 Å². The summed E-state index contributed by atoms with van der Waals surface area (Å²) < 4.78 is 14.3. The van der Waals surface area contributed by atoms with Crippen molar-refractivity contribution in [3.63, 3.8) is 0 Å². The fourth-order valence-electron chi connectivity index (χ4n) is 0.431. The Morgan fingerprint density at radius 1 is 1.90 bits per heavy atom. The van der Waals surface area contributed by atoms with E-state index in [0.717, 1.165) is 0 Å². The molecule has 1 unspecified atom stereocenters. The molecule has 1 aromatic rings. The number of aromatic amines is 1. The van der Waals surface area contributed by atoms with E-state index in [1.807, 2.05) is 0 Å². The molecular formula is C3H6N3O3P. The zero-order chi connectivity index (χ0) is 7.40. The molecule has 0 saturated carbocycles. The fourth-order valence-corrected chi connectivity index (χ4v) is 0.692. The summed E-state index contributed by atoms with van der Waals surface area (Å²) in [5, 5.41) is 6.97. The fraction of sp³-hybridized carbons (Fsp3) is 0.333. The summed E-state index contributed by atoms with van der Waals surface area (Å²) in [5.74, 6) is 0.437. The molecule has 0 spiro atoms. The molecule has 0 aliphatic heterocycles. The van der Waals surface area contributed by atoms with Gasteiger partial charge < -0.3 is 14.4 Å². The Morgan fingerprint density at radius 3 is 3.20 bits per heavy atom. The largest absolute Gasteiger partial charge is 0.330 e. The topological polar surface area (TPSA) is 88.1 Å². The van der Waals surface area contributed by atoms with Crippen LogP contribution < -0.4 is 0 Å². The number of H-pyrrole nitrogens is 1. The number of hydrogen-bond donors (Lipinski definition) is 2. The maximum absolute atomic E-state index is 10.00. The Labute approximate surface area is 57.2 Å². The van der Waals surface area contributed by atoms with Gasteiger partial charge in [0.1, 0.15) is 12.9 Å². The van der Waals surface area contributed by atoms with Crippen LogP contribution in [-0.2, 0) is 15.7 Å². The summed E-state index contributed by atoms with van der Waals surface area (Å²) in [5.41, 5.74) is 0. The number of rotatable bonds is 3. The normalized spacial score (nSPS) is 13.3. The Morgan fingerprint density at radius 2 is 2.70 bits per heavy atom. The van der Waals surface area contributed by atoms with Crippen molar-refractivity contribution in [2.45, 2.75) is 6.61 Å². The molecule has 1 heterocycles. The molecule has 56 valence electrons. The van der Waals surface area contributed by atoms with Gasteiger partial charge in [-0.05, 0) is 0 Å². The number of nitrogens with one attached hydrogen (secondary N) is 1. The lowest BCUT2D eigenvalue weighted by molar-refractivity contribution is 0.265. The van der Waals surface area contributed by atoms with Gasteiger partial charge in [-0.15, -0.1) is 10.2 Å². The SMILES string of the molecule is O=[PH](O)OCc1nnc[nH]1. The molecule has 0 aromatic carbocycles. The van der Waals surface area contributed by atoms with Crippen LogP contribution in [0, 0.1) is 0 Å². The molecule has 10 heavy (non-hydrogen) atoms. The quantitative estimate of drug-likeness (QED) is 0.597. The molecule has 0 aliphatic carbocycles. The molecule has 7 heteroatoms. The van der Waals surface area contributed by atoms with Gasteiger partial charge in [-0.25, -0.2) is 0 Å². The predicted octanol–water partition coefficient (Wildman–Crippen LogP) is -0.297. The lowest BCUT2D eigenvalue weighted by atomic mass is 10.7. The lowest BCUT2D eigenvalue weighted by Gasteiger charge is -1.92. The number of aromatic nitrogens is 3. The van der Waals surface area contributed by atoms with E-state index in [-0.39, 0.29) is 6.61 Å². The Hall–Kier alpha value is -0.710. The van der Waals surface area contributed by atoms with E-state index in [2.05, 4.69) is 19.7 Å². The first kappa shape index (κ1) is 7.40. The van der Waals surface area contributed by atoms with Crippen molar-refractivity contribution in [2.24, 2.45) is 0 Å². The smallest absolute Gasteiger partial charge is 0.317 e. The van der Waals surface area contributed by atoms with Crippen molar-refractivity contribution in [1.82, 2.24) is 15.2 Å². The van der Waals surface area contributed by atoms with Crippen molar-refractivity contribution >= 4 is 8.25 Å². The van der Waals surface area contributed by atoms with Crippen LogP contribution in [0.1, 0.15) is 5.82 Å². The highest BCUT2D eigenvalue weighted by Crippen LogP contribution is 2.15. The molecule has 1 aromatic heterocycles. The molecule has 1 atom stereocenters. The first-order chi connectivity index (χ1) is 4.79. The standard InChI is InChI=1S/C3H6N3O3P/c7-10(8)9-1-3-4-2-5-6-3/h2,10H,1H2,(H,7,8)(H,4,5,6). The Balaban J connectivity index is 2.35. The third kappa shape index (κ3) is 2.26. The molecule has 0 fully saturated rings. The highest BCUT2D eigenvalue weighted by atomic mass is 31.1. The minimum absolute atomic E-state index is 0.00566. The Kier molecular flexibility index (Phi) is 2.56. The first-order valence-electron chi connectivity index (χ1n) is 2.49. The molecule has 0 radical (unpaired) electrons. The second kappa shape index (κ2) is 3.46. The monoisotopic (exact) mass is 163 g/mol.